The zero-order chi connectivity index (χ0) is 15.0. The van der Waals surface area contributed by atoms with E-state index in [9.17, 15) is 9.59 Å². The maximum Gasteiger partial charge on any atom is 0.306 e. The first kappa shape index (κ1) is 14.0. The van der Waals surface area contributed by atoms with Gasteiger partial charge in [-0.15, -0.1) is 0 Å². The Balaban J connectivity index is 1.70. The topological polar surface area (TPSA) is 84.9 Å². The molecule has 0 aromatic heterocycles. The maximum absolute atomic E-state index is 12.2. The monoisotopic (exact) mass is 311 g/mol. The van der Waals surface area contributed by atoms with Crippen LogP contribution >= 0.6 is 11.6 Å². The number of hydrogen-bond donors (Lipinski definition) is 2. The molecule has 1 aromatic carbocycles. The van der Waals surface area contributed by atoms with Gasteiger partial charge in [0.2, 0.25) is 12.7 Å². The lowest BCUT2D eigenvalue weighted by molar-refractivity contribution is -0.141. The molecule has 2 unspecified atom stereocenters. The van der Waals surface area contributed by atoms with Crippen LogP contribution in [0.3, 0.4) is 0 Å². The molecule has 21 heavy (non-hydrogen) atoms. The van der Waals surface area contributed by atoms with E-state index in [0.29, 0.717) is 41.5 Å². The van der Waals surface area contributed by atoms with Crippen LogP contribution in [0.2, 0.25) is 5.02 Å². The summed E-state index contributed by atoms with van der Waals surface area (Å²) in [4.78, 5) is 23.1. The number of nitrogens with one attached hydrogen (secondary N) is 1. The van der Waals surface area contributed by atoms with Gasteiger partial charge in [0, 0.05) is 18.1 Å². The summed E-state index contributed by atoms with van der Waals surface area (Å²) in [5.74, 6) is -0.708. The lowest BCUT2D eigenvalue weighted by Gasteiger charge is -2.12. The average molecular weight is 312 g/mol. The molecule has 3 rings (SSSR count). The number of hydrogen-bond acceptors (Lipinski definition) is 4. The molecule has 2 N–H and O–H groups in total. The second-order valence-electron chi connectivity index (χ2n) is 5.22. The van der Waals surface area contributed by atoms with Crippen molar-refractivity contribution in [2.45, 2.75) is 19.3 Å². The minimum absolute atomic E-state index is 0.131. The van der Waals surface area contributed by atoms with Gasteiger partial charge in [-0.25, -0.2) is 0 Å². The highest BCUT2D eigenvalue weighted by molar-refractivity contribution is 6.34. The lowest BCUT2D eigenvalue weighted by atomic mass is 10.0. The minimum Gasteiger partial charge on any atom is -0.481 e. The van der Waals surface area contributed by atoms with Crippen LogP contribution in [0.15, 0.2) is 12.1 Å². The third kappa shape index (κ3) is 2.76. The molecule has 2 atom stereocenters. The van der Waals surface area contributed by atoms with E-state index in [1.807, 2.05) is 0 Å². The van der Waals surface area contributed by atoms with E-state index in [1.165, 1.54) is 0 Å². The fraction of sp³-hybridized carbons (Fsp3) is 0.429. The van der Waals surface area contributed by atoms with Crippen molar-refractivity contribution in [1.82, 2.24) is 0 Å². The Hall–Kier alpha value is -1.95. The van der Waals surface area contributed by atoms with Crippen LogP contribution in [-0.4, -0.2) is 23.8 Å². The van der Waals surface area contributed by atoms with Gasteiger partial charge in [-0.1, -0.05) is 11.6 Å². The molecule has 1 amide bonds. The molecule has 0 radical (unpaired) electrons. The van der Waals surface area contributed by atoms with E-state index in [0.717, 1.165) is 0 Å². The number of carbonyl (C=O) groups excluding carboxylic acids is 1. The number of amides is 1. The fourth-order valence-corrected chi connectivity index (χ4v) is 2.89. The van der Waals surface area contributed by atoms with E-state index in [-0.39, 0.29) is 18.6 Å². The molecule has 2 aliphatic rings. The maximum atomic E-state index is 12.2. The van der Waals surface area contributed by atoms with Gasteiger partial charge in [0.25, 0.3) is 0 Å². The Bertz CT molecular complexity index is 603. The van der Waals surface area contributed by atoms with Gasteiger partial charge in [-0.3, -0.25) is 9.59 Å². The molecule has 6 nitrogen and oxygen atoms in total. The molecule has 1 aliphatic heterocycles. The van der Waals surface area contributed by atoms with Gasteiger partial charge in [-0.05, 0) is 19.3 Å². The predicted molar refractivity (Wildman–Crippen MR) is 74.7 cm³/mol. The smallest absolute Gasteiger partial charge is 0.306 e. The first-order chi connectivity index (χ1) is 10.0. The van der Waals surface area contributed by atoms with Crippen molar-refractivity contribution in [2.24, 2.45) is 11.8 Å². The molecule has 1 heterocycles. The number of carbonyl (C=O) groups is 2. The van der Waals surface area contributed by atoms with Crippen molar-refractivity contribution in [3.8, 4) is 11.5 Å². The van der Waals surface area contributed by atoms with Gasteiger partial charge in [0.1, 0.15) is 0 Å². The standard InChI is InChI=1S/C14H14ClNO5/c15-9-4-11-12(21-6-20-11)5-10(9)16-13(17)7-1-2-8(3-7)14(18)19/h4-5,7-8H,1-3,6H2,(H,16,17)(H,18,19). The SMILES string of the molecule is O=C(O)C1CCC(C(=O)Nc2cc3c(cc2Cl)OCO3)C1. The van der Waals surface area contributed by atoms with Crippen LogP contribution in [0, 0.1) is 11.8 Å². The second kappa shape index (κ2) is 5.44. The predicted octanol–water partition coefficient (Wildman–Crippen LogP) is 2.51. The second-order valence-corrected chi connectivity index (χ2v) is 5.63. The number of ether oxygens (including phenoxy) is 2. The summed E-state index contributed by atoms with van der Waals surface area (Å²) in [6.45, 7) is 0.131. The highest BCUT2D eigenvalue weighted by Crippen LogP contribution is 2.40. The summed E-state index contributed by atoms with van der Waals surface area (Å²) in [5.41, 5.74) is 0.449. The number of fused-ring (bicyclic) bond motifs is 1. The van der Waals surface area contributed by atoms with Crippen LogP contribution in [0.25, 0.3) is 0 Å². The molecule has 0 saturated heterocycles. The van der Waals surface area contributed by atoms with Crippen LogP contribution < -0.4 is 14.8 Å². The summed E-state index contributed by atoms with van der Waals surface area (Å²) in [7, 11) is 0. The van der Waals surface area contributed by atoms with Gasteiger partial charge < -0.3 is 19.9 Å². The number of rotatable bonds is 3. The molecular weight excluding hydrogens is 298 g/mol. The zero-order valence-electron chi connectivity index (χ0n) is 11.1. The normalized spacial score (nSPS) is 23.1. The van der Waals surface area contributed by atoms with Crippen molar-refractivity contribution < 1.29 is 24.2 Å². The molecule has 1 aliphatic carbocycles. The fourth-order valence-electron chi connectivity index (χ4n) is 2.69. The Morgan fingerprint density at radius 2 is 1.86 bits per heavy atom. The highest BCUT2D eigenvalue weighted by Gasteiger charge is 2.34. The Morgan fingerprint density at radius 3 is 2.52 bits per heavy atom. The quantitative estimate of drug-likeness (QED) is 0.896. The van der Waals surface area contributed by atoms with E-state index in [4.69, 9.17) is 26.2 Å². The van der Waals surface area contributed by atoms with Crippen LogP contribution in [0.4, 0.5) is 5.69 Å². The summed E-state index contributed by atoms with van der Waals surface area (Å²) in [5, 5.41) is 12.1. The van der Waals surface area contributed by atoms with Crippen molar-refractivity contribution in [3.63, 3.8) is 0 Å². The average Bonchev–Trinajstić information content (AvgIpc) is 3.07. The van der Waals surface area contributed by atoms with Crippen LogP contribution in [0.5, 0.6) is 11.5 Å². The molecule has 1 aromatic rings. The minimum atomic E-state index is -0.841. The summed E-state index contributed by atoms with van der Waals surface area (Å²) in [6.07, 6.45) is 1.47. The summed E-state index contributed by atoms with van der Waals surface area (Å²) >= 11 is 6.09. The van der Waals surface area contributed by atoms with E-state index >= 15 is 0 Å². The molecule has 7 heteroatoms. The first-order valence-corrected chi connectivity index (χ1v) is 7.05. The number of carboxylic acid groups (broad SMARTS) is 1. The number of carboxylic acids is 1. The first-order valence-electron chi connectivity index (χ1n) is 6.67. The third-order valence-electron chi connectivity index (χ3n) is 3.87. The number of halogens is 1. The Morgan fingerprint density at radius 1 is 1.19 bits per heavy atom. The molecule has 112 valence electrons. The van der Waals surface area contributed by atoms with Crippen molar-refractivity contribution >= 4 is 29.2 Å². The van der Waals surface area contributed by atoms with Crippen molar-refractivity contribution in [3.05, 3.63) is 17.2 Å². The third-order valence-corrected chi connectivity index (χ3v) is 4.19. The lowest BCUT2D eigenvalue weighted by Crippen LogP contribution is -2.21. The largest absolute Gasteiger partial charge is 0.481 e. The number of anilines is 1. The summed E-state index contributed by atoms with van der Waals surface area (Å²) in [6, 6.07) is 3.21. The van der Waals surface area contributed by atoms with Crippen LogP contribution in [0.1, 0.15) is 19.3 Å². The molecular formula is C14H14ClNO5. The molecule has 1 fully saturated rings. The van der Waals surface area contributed by atoms with Crippen molar-refractivity contribution in [2.75, 3.05) is 12.1 Å². The van der Waals surface area contributed by atoms with E-state index in [1.54, 1.807) is 12.1 Å². The highest BCUT2D eigenvalue weighted by atomic mass is 35.5. The molecule has 0 spiro atoms. The van der Waals surface area contributed by atoms with Crippen molar-refractivity contribution in [1.29, 1.82) is 0 Å². The zero-order valence-corrected chi connectivity index (χ0v) is 11.9. The number of benzene rings is 1. The molecule has 0 bridgehead atoms. The molecule has 1 saturated carbocycles. The van der Waals surface area contributed by atoms with E-state index in [2.05, 4.69) is 5.32 Å². The van der Waals surface area contributed by atoms with Crippen LogP contribution in [-0.2, 0) is 9.59 Å². The van der Waals surface area contributed by atoms with Gasteiger partial charge in [-0.2, -0.15) is 0 Å². The van der Waals surface area contributed by atoms with Gasteiger partial charge in [0.15, 0.2) is 11.5 Å². The summed E-state index contributed by atoms with van der Waals surface area (Å²) < 4.78 is 10.4. The number of aliphatic carboxylic acids is 1. The Labute approximate surface area is 126 Å². The van der Waals surface area contributed by atoms with E-state index < -0.39 is 11.9 Å². The Kier molecular flexibility index (Phi) is 3.63. The van der Waals surface area contributed by atoms with Gasteiger partial charge >= 0.3 is 5.97 Å². The van der Waals surface area contributed by atoms with Gasteiger partial charge in [0.05, 0.1) is 16.6 Å².